The Hall–Kier alpha value is -2.59. The summed E-state index contributed by atoms with van der Waals surface area (Å²) in [6.45, 7) is 8.01. The first-order valence-corrected chi connectivity index (χ1v) is 11.7. The number of benzene rings is 1. The molecule has 0 aliphatic rings. The summed E-state index contributed by atoms with van der Waals surface area (Å²) in [5.41, 5.74) is 1.35. The lowest BCUT2D eigenvalue weighted by molar-refractivity contribution is 0.00639. The molecule has 2 aromatic heterocycles. The third-order valence-corrected chi connectivity index (χ3v) is 6.27. The summed E-state index contributed by atoms with van der Waals surface area (Å²) < 4.78 is 10.5. The van der Waals surface area contributed by atoms with Crippen molar-refractivity contribution >= 4 is 27.5 Å². The van der Waals surface area contributed by atoms with Gasteiger partial charge in [-0.05, 0) is 24.0 Å². The number of nitrogens with one attached hydrogen (secondary N) is 1. The molecule has 0 aliphatic heterocycles. The van der Waals surface area contributed by atoms with Gasteiger partial charge in [0, 0.05) is 13.1 Å². The monoisotopic (exact) mass is 473 g/mol. The molecular formula is C24H31N3O5S. The number of fused-ring (bicyclic) bond motifs is 1. The fourth-order valence-corrected chi connectivity index (χ4v) is 4.84. The van der Waals surface area contributed by atoms with Gasteiger partial charge in [0.25, 0.3) is 5.56 Å². The van der Waals surface area contributed by atoms with E-state index in [0.29, 0.717) is 58.6 Å². The molecule has 3 aromatic rings. The van der Waals surface area contributed by atoms with Crippen molar-refractivity contribution in [1.82, 2.24) is 14.9 Å². The van der Waals surface area contributed by atoms with Crippen molar-refractivity contribution < 1.29 is 19.4 Å². The van der Waals surface area contributed by atoms with Crippen LogP contribution < -0.4 is 5.56 Å². The number of carbonyl (C=O) groups is 1. The number of aromatic amines is 1. The highest BCUT2D eigenvalue weighted by molar-refractivity contribution is 7.20. The van der Waals surface area contributed by atoms with Crippen LogP contribution >= 0.6 is 11.3 Å². The Labute approximate surface area is 197 Å². The molecule has 0 radical (unpaired) electrons. The summed E-state index contributed by atoms with van der Waals surface area (Å²) in [6, 6.07) is 9.81. The Bertz CT molecular complexity index is 1130. The van der Waals surface area contributed by atoms with E-state index in [2.05, 4.69) is 23.8 Å². The smallest absolute Gasteiger partial charge is 0.348 e. The van der Waals surface area contributed by atoms with Gasteiger partial charge < -0.3 is 19.6 Å². The standard InChI is InChI=1S/C24H31N3O5S/c1-15(2)10-27(11-18(28)14-32-13-17-8-6-5-7-9-17)12-19-25-22(29)20-16(3)21(24(30)31-4)33-23(20)26-19/h5-9,15,18,28H,10-14H2,1-4H3,(H,25,26,29)/t18-/m0/s1. The number of ether oxygens (including phenoxy) is 2. The van der Waals surface area contributed by atoms with Gasteiger partial charge in [0.15, 0.2) is 0 Å². The van der Waals surface area contributed by atoms with Gasteiger partial charge in [0.1, 0.15) is 15.5 Å². The third-order valence-electron chi connectivity index (χ3n) is 5.11. The van der Waals surface area contributed by atoms with Gasteiger partial charge in [-0.1, -0.05) is 44.2 Å². The Morgan fingerprint density at radius 3 is 2.64 bits per heavy atom. The number of esters is 1. The maximum atomic E-state index is 12.7. The van der Waals surface area contributed by atoms with Crippen LogP contribution in [0.15, 0.2) is 35.1 Å². The van der Waals surface area contributed by atoms with E-state index in [4.69, 9.17) is 9.47 Å². The van der Waals surface area contributed by atoms with Crippen molar-refractivity contribution in [2.75, 3.05) is 26.8 Å². The van der Waals surface area contributed by atoms with Crippen molar-refractivity contribution in [3.63, 3.8) is 0 Å². The Kier molecular flexibility index (Phi) is 8.74. The highest BCUT2D eigenvalue weighted by Crippen LogP contribution is 2.27. The second-order valence-corrected chi connectivity index (χ2v) is 9.48. The molecule has 0 fully saturated rings. The van der Waals surface area contributed by atoms with Gasteiger partial charge in [-0.2, -0.15) is 0 Å². The van der Waals surface area contributed by atoms with Crippen LogP contribution in [0.2, 0.25) is 0 Å². The minimum absolute atomic E-state index is 0.207. The first kappa shape index (κ1) is 25.0. The largest absolute Gasteiger partial charge is 0.465 e. The molecule has 9 heteroatoms. The Morgan fingerprint density at radius 1 is 1.24 bits per heavy atom. The average Bonchev–Trinajstić information content (AvgIpc) is 3.10. The molecule has 178 valence electrons. The number of methoxy groups -OCH3 is 1. The molecular weight excluding hydrogens is 442 g/mol. The number of thiophene rings is 1. The van der Waals surface area contributed by atoms with Crippen molar-refractivity contribution in [1.29, 1.82) is 0 Å². The van der Waals surface area contributed by atoms with E-state index in [1.165, 1.54) is 7.11 Å². The molecule has 2 heterocycles. The van der Waals surface area contributed by atoms with E-state index < -0.39 is 12.1 Å². The summed E-state index contributed by atoms with van der Waals surface area (Å²) >= 11 is 1.16. The number of aryl methyl sites for hydroxylation is 1. The number of hydrogen-bond donors (Lipinski definition) is 2. The molecule has 0 saturated carbocycles. The number of aromatic nitrogens is 2. The lowest BCUT2D eigenvalue weighted by Gasteiger charge is -2.26. The second-order valence-electron chi connectivity index (χ2n) is 8.48. The van der Waals surface area contributed by atoms with Crippen molar-refractivity contribution in [2.24, 2.45) is 5.92 Å². The summed E-state index contributed by atoms with van der Waals surface area (Å²) in [6.07, 6.45) is -0.683. The zero-order valence-corrected chi connectivity index (χ0v) is 20.3. The number of aliphatic hydroxyl groups is 1. The summed E-state index contributed by atoms with van der Waals surface area (Å²) in [5.74, 6) is 0.368. The molecule has 8 nitrogen and oxygen atoms in total. The quantitative estimate of drug-likeness (QED) is 0.412. The van der Waals surface area contributed by atoms with E-state index >= 15 is 0 Å². The van der Waals surface area contributed by atoms with Crippen LogP contribution in [-0.4, -0.2) is 58.9 Å². The second kappa shape index (κ2) is 11.5. The third kappa shape index (κ3) is 6.70. The average molecular weight is 474 g/mol. The number of H-pyrrole nitrogens is 1. The molecule has 33 heavy (non-hydrogen) atoms. The molecule has 0 aliphatic carbocycles. The minimum atomic E-state index is -0.683. The highest BCUT2D eigenvalue weighted by Gasteiger charge is 2.21. The number of nitrogens with zero attached hydrogens (tertiary/aromatic N) is 2. The lowest BCUT2D eigenvalue weighted by atomic mass is 10.2. The number of aliphatic hydroxyl groups excluding tert-OH is 1. The van der Waals surface area contributed by atoms with E-state index in [9.17, 15) is 14.7 Å². The highest BCUT2D eigenvalue weighted by atomic mass is 32.1. The maximum absolute atomic E-state index is 12.7. The van der Waals surface area contributed by atoms with E-state index in [-0.39, 0.29) is 12.2 Å². The fourth-order valence-electron chi connectivity index (χ4n) is 3.72. The fraction of sp³-hybridized carbons (Fsp3) is 0.458. The van der Waals surface area contributed by atoms with Crippen LogP contribution in [0.5, 0.6) is 0 Å². The van der Waals surface area contributed by atoms with E-state index in [0.717, 1.165) is 16.9 Å². The zero-order chi connectivity index (χ0) is 24.0. The molecule has 0 unspecified atom stereocenters. The molecule has 1 atom stereocenters. The van der Waals surface area contributed by atoms with Crippen LogP contribution in [0, 0.1) is 12.8 Å². The van der Waals surface area contributed by atoms with Crippen LogP contribution in [-0.2, 0) is 22.6 Å². The number of rotatable bonds is 11. The predicted molar refractivity (Wildman–Crippen MR) is 129 cm³/mol. The first-order chi connectivity index (χ1) is 15.8. The normalized spacial score (nSPS) is 12.6. The van der Waals surface area contributed by atoms with Crippen LogP contribution in [0.1, 0.15) is 40.5 Å². The molecule has 2 N–H and O–H groups in total. The van der Waals surface area contributed by atoms with Crippen molar-refractivity contribution in [3.8, 4) is 0 Å². The number of carbonyl (C=O) groups excluding carboxylic acids is 1. The lowest BCUT2D eigenvalue weighted by Crippen LogP contribution is -2.37. The Balaban J connectivity index is 1.70. The van der Waals surface area contributed by atoms with Crippen molar-refractivity contribution in [3.05, 3.63) is 62.5 Å². The van der Waals surface area contributed by atoms with Gasteiger partial charge in [-0.25, -0.2) is 9.78 Å². The van der Waals surface area contributed by atoms with Crippen molar-refractivity contribution in [2.45, 2.75) is 40.0 Å². The topological polar surface area (TPSA) is 105 Å². The zero-order valence-electron chi connectivity index (χ0n) is 19.5. The van der Waals surface area contributed by atoms with Gasteiger partial charge in [0.05, 0.1) is 38.4 Å². The van der Waals surface area contributed by atoms with Gasteiger partial charge in [-0.3, -0.25) is 9.69 Å². The van der Waals surface area contributed by atoms with Gasteiger partial charge >= 0.3 is 5.97 Å². The molecule has 0 amide bonds. The van der Waals surface area contributed by atoms with E-state index in [1.807, 2.05) is 35.2 Å². The van der Waals surface area contributed by atoms with Crippen LogP contribution in [0.4, 0.5) is 0 Å². The minimum Gasteiger partial charge on any atom is -0.465 e. The summed E-state index contributed by atoms with van der Waals surface area (Å²) in [7, 11) is 1.31. The maximum Gasteiger partial charge on any atom is 0.348 e. The van der Waals surface area contributed by atoms with Crippen LogP contribution in [0.3, 0.4) is 0 Å². The molecule has 0 saturated heterocycles. The summed E-state index contributed by atoms with van der Waals surface area (Å²) in [4.78, 5) is 35.1. The predicted octanol–water partition coefficient (Wildman–Crippen LogP) is 3.12. The molecule has 0 bridgehead atoms. The summed E-state index contributed by atoms with van der Waals surface area (Å²) in [5, 5.41) is 10.9. The molecule has 0 spiro atoms. The number of hydrogen-bond acceptors (Lipinski definition) is 8. The van der Waals surface area contributed by atoms with E-state index in [1.54, 1.807) is 6.92 Å². The SMILES string of the molecule is COC(=O)c1sc2nc(CN(CC(C)C)C[C@H](O)COCc3ccccc3)[nH]c(=O)c2c1C. The molecule has 1 aromatic carbocycles. The van der Waals surface area contributed by atoms with Gasteiger partial charge in [-0.15, -0.1) is 11.3 Å². The van der Waals surface area contributed by atoms with Gasteiger partial charge in [0.2, 0.25) is 0 Å². The first-order valence-electron chi connectivity index (χ1n) is 10.9. The van der Waals surface area contributed by atoms with Crippen LogP contribution in [0.25, 0.3) is 10.2 Å². The Morgan fingerprint density at radius 2 is 1.97 bits per heavy atom. The molecule has 3 rings (SSSR count).